The molecule has 1 heterocycles. The molecule has 0 fully saturated rings. The van der Waals surface area contributed by atoms with Gasteiger partial charge in [0, 0.05) is 19.2 Å². The van der Waals surface area contributed by atoms with Gasteiger partial charge < -0.3 is 9.64 Å². The lowest BCUT2D eigenvalue weighted by atomic mass is 10.2. The molecule has 0 saturated carbocycles. The Morgan fingerprint density at radius 1 is 1.43 bits per heavy atom. The number of nitrogens with zero attached hydrogens (tertiary/aromatic N) is 4. The first-order valence-corrected chi connectivity index (χ1v) is 7.93. The number of carbonyl (C=O) groups excluding carboxylic acids is 1. The molecule has 1 N–H and O–H groups in total. The van der Waals surface area contributed by atoms with E-state index in [4.69, 9.17) is 10.00 Å². The summed E-state index contributed by atoms with van der Waals surface area (Å²) < 4.78 is 5.11. The number of rotatable bonds is 7. The highest BCUT2D eigenvalue weighted by Crippen LogP contribution is 2.21. The molecule has 1 amide bonds. The Hall–Kier alpha value is -2.53. The van der Waals surface area contributed by atoms with Gasteiger partial charge in [-0.1, -0.05) is 11.8 Å². The zero-order valence-electron chi connectivity index (χ0n) is 12.9. The van der Waals surface area contributed by atoms with Crippen LogP contribution >= 0.6 is 11.8 Å². The lowest BCUT2D eigenvalue weighted by molar-refractivity contribution is -0.127. The fraction of sp³-hybridized carbons (Fsp3) is 0.333. The van der Waals surface area contributed by atoms with Gasteiger partial charge in [-0.25, -0.2) is 4.98 Å². The number of thioether (sulfide) groups is 1. The zero-order valence-corrected chi connectivity index (χ0v) is 13.8. The van der Waals surface area contributed by atoms with Crippen molar-refractivity contribution in [3.8, 4) is 23.2 Å². The predicted molar refractivity (Wildman–Crippen MR) is 87.0 cm³/mol. The van der Waals surface area contributed by atoms with E-state index in [0.29, 0.717) is 23.9 Å². The van der Waals surface area contributed by atoms with Crippen molar-refractivity contribution >= 4 is 17.7 Å². The Morgan fingerprint density at radius 3 is 2.83 bits per heavy atom. The maximum Gasteiger partial charge on any atom is 0.232 e. The van der Waals surface area contributed by atoms with E-state index in [-0.39, 0.29) is 11.7 Å². The standard InChI is InChI=1S/C15H17N5O2S/c1-20(9-3-8-16)13(21)10-23-15-17-14(18-19-15)11-4-6-12(22-2)7-5-11/h4-7H,3,9-10H2,1-2H3,(H,17,18,19). The number of benzene rings is 1. The van der Waals surface area contributed by atoms with E-state index < -0.39 is 0 Å². The quantitative estimate of drug-likeness (QED) is 0.779. The molecule has 0 aliphatic carbocycles. The normalized spacial score (nSPS) is 10.1. The van der Waals surface area contributed by atoms with Crippen molar-refractivity contribution in [2.45, 2.75) is 11.6 Å². The predicted octanol–water partition coefficient (Wildman–Crippen LogP) is 1.94. The molecule has 8 heteroatoms. The van der Waals surface area contributed by atoms with Crippen LogP contribution in [0.1, 0.15) is 6.42 Å². The maximum atomic E-state index is 11.9. The number of methoxy groups -OCH3 is 1. The molecule has 0 atom stereocenters. The molecule has 0 unspecified atom stereocenters. The van der Waals surface area contributed by atoms with Gasteiger partial charge in [0.2, 0.25) is 11.1 Å². The number of H-pyrrole nitrogens is 1. The summed E-state index contributed by atoms with van der Waals surface area (Å²) >= 11 is 1.26. The van der Waals surface area contributed by atoms with E-state index in [1.165, 1.54) is 16.7 Å². The third-order valence-electron chi connectivity index (χ3n) is 3.14. The molecule has 120 valence electrons. The highest BCUT2D eigenvalue weighted by Gasteiger charge is 2.12. The van der Waals surface area contributed by atoms with Gasteiger partial charge in [0.05, 0.1) is 25.4 Å². The van der Waals surface area contributed by atoms with Crippen molar-refractivity contribution < 1.29 is 9.53 Å². The number of aromatic amines is 1. The SMILES string of the molecule is COc1ccc(-c2nc(SCC(=O)N(C)CCC#N)n[nH]2)cc1. The largest absolute Gasteiger partial charge is 0.497 e. The molecule has 0 spiro atoms. The van der Waals surface area contributed by atoms with E-state index >= 15 is 0 Å². The van der Waals surface area contributed by atoms with Crippen LogP contribution in [0.4, 0.5) is 0 Å². The first-order chi connectivity index (χ1) is 11.1. The molecule has 0 saturated heterocycles. The van der Waals surface area contributed by atoms with E-state index in [2.05, 4.69) is 15.2 Å². The van der Waals surface area contributed by atoms with Crippen LogP contribution in [-0.2, 0) is 4.79 Å². The third-order valence-corrected chi connectivity index (χ3v) is 3.97. The second kappa shape index (κ2) is 8.19. The summed E-state index contributed by atoms with van der Waals surface area (Å²) in [6.07, 6.45) is 0.329. The van der Waals surface area contributed by atoms with Gasteiger partial charge in [-0.05, 0) is 24.3 Å². The lowest BCUT2D eigenvalue weighted by Gasteiger charge is -2.14. The number of ether oxygens (including phenoxy) is 1. The smallest absolute Gasteiger partial charge is 0.232 e. The van der Waals surface area contributed by atoms with Crippen molar-refractivity contribution in [3.05, 3.63) is 24.3 Å². The van der Waals surface area contributed by atoms with E-state index in [1.807, 2.05) is 30.3 Å². The van der Waals surface area contributed by atoms with Gasteiger partial charge >= 0.3 is 0 Å². The van der Waals surface area contributed by atoms with Crippen molar-refractivity contribution in [3.63, 3.8) is 0 Å². The molecular formula is C15H17N5O2S. The minimum absolute atomic E-state index is 0.0546. The number of nitriles is 1. The van der Waals surface area contributed by atoms with Crippen molar-refractivity contribution in [2.75, 3.05) is 26.5 Å². The minimum atomic E-state index is -0.0546. The highest BCUT2D eigenvalue weighted by molar-refractivity contribution is 7.99. The first-order valence-electron chi connectivity index (χ1n) is 6.94. The van der Waals surface area contributed by atoms with E-state index in [9.17, 15) is 4.79 Å². The average Bonchev–Trinajstić information content (AvgIpc) is 3.06. The molecule has 7 nitrogen and oxygen atoms in total. The van der Waals surface area contributed by atoms with Crippen LogP contribution in [0.15, 0.2) is 29.4 Å². The molecule has 0 aliphatic heterocycles. The van der Waals surface area contributed by atoms with Gasteiger partial charge in [-0.2, -0.15) is 5.26 Å². The fourth-order valence-electron chi connectivity index (χ4n) is 1.77. The summed E-state index contributed by atoms with van der Waals surface area (Å²) in [5.41, 5.74) is 0.891. The van der Waals surface area contributed by atoms with Crippen molar-refractivity contribution in [2.24, 2.45) is 0 Å². The summed E-state index contributed by atoms with van der Waals surface area (Å²) in [5.74, 6) is 1.59. The van der Waals surface area contributed by atoms with Gasteiger partial charge in [0.1, 0.15) is 5.75 Å². The molecule has 1 aromatic heterocycles. The first kappa shape index (κ1) is 16.8. The Labute approximate surface area is 138 Å². The van der Waals surface area contributed by atoms with Gasteiger partial charge in [0.15, 0.2) is 5.82 Å². The molecule has 0 radical (unpaired) electrons. The van der Waals surface area contributed by atoms with Crippen molar-refractivity contribution in [1.82, 2.24) is 20.1 Å². The summed E-state index contributed by atoms with van der Waals surface area (Å²) in [6, 6.07) is 9.48. The molecule has 1 aromatic carbocycles. The van der Waals surface area contributed by atoms with Crippen LogP contribution in [0.5, 0.6) is 5.75 Å². The summed E-state index contributed by atoms with van der Waals surface area (Å²) in [7, 11) is 3.30. The highest BCUT2D eigenvalue weighted by atomic mass is 32.2. The van der Waals surface area contributed by atoms with Crippen LogP contribution in [0.3, 0.4) is 0 Å². The molecule has 23 heavy (non-hydrogen) atoms. The number of carbonyl (C=O) groups is 1. The van der Waals surface area contributed by atoms with Crippen LogP contribution < -0.4 is 4.74 Å². The third kappa shape index (κ3) is 4.72. The topological polar surface area (TPSA) is 94.9 Å². The minimum Gasteiger partial charge on any atom is -0.497 e. The van der Waals surface area contributed by atoms with Crippen LogP contribution in [-0.4, -0.2) is 52.4 Å². The Balaban J connectivity index is 1.92. The molecule has 2 rings (SSSR count). The van der Waals surface area contributed by atoms with Gasteiger partial charge in [-0.3, -0.25) is 9.89 Å². The van der Waals surface area contributed by atoms with Crippen molar-refractivity contribution in [1.29, 1.82) is 5.26 Å². The Kier molecular flexibility index (Phi) is 6.00. The molecule has 2 aromatic rings. The fourth-order valence-corrected chi connectivity index (χ4v) is 2.51. The number of hydrogen-bond donors (Lipinski definition) is 1. The Bertz CT molecular complexity index is 693. The van der Waals surface area contributed by atoms with Crippen LogP contribution in [0.2, 0.25) is 0 Å². The van der Waals surface area contributed by atoms with Crippen LogP contribution in [0.25, 0.3) is 11.4 Å². The van der Waals surface area contributed by atoms with E-state index in [0.717, 1.165) is 11.3 Å². The number of nitrogens with one attached hydrogen (secondary N) is 1. The zero-order chi connectivity index (χ0) is 16.7. The second-order valence-corrected chi connectivity index (χ2v) is 5.65. The summed E-state index contributed by atoms with van der Waals surface area (Å²) in [5, 5.41) is 16.0. The number of aromatic nitrogens is 3. The second-order valence-electron chi connectivity index (χ2n) is 4.71. The summed E-state index contributed by atoms with van der Waals surface area (Å²) in [4.78, 5) is 17.8. The molecule has 0 bridgehead atoms. The number of hydrogen-bond acceptors (Lipinski definition) is 6. The molecule has 0 aliphatic rings. The van der Waals surface area contributed by atoms with E-state index in [1.54, 1.807) is 14.2 Å². The summed E-state index contributed by atoms with van der Waals surface area (Å²) in [6.45, 7) is 0.432. The molecular weight excluding hydrogens is 314 g/mol. The van der Waals surface area contributed by atoms with Gasteiger partial charge in [-0.15, -0.1) is 5.10 Å². The van der Waals surface area contributed by atoms with Gasteiger partial charge in [0.25, 0.3) is 0 Å². The maximum absolute atomic E-state index is 11.9. The number of amides is 1. The Morgan fingerprint density at radius 2 is 2.17 bits per heavy atom. The monoisotopic (exact) mass is 331 g/mol. The lowest BCUT2D eigenvalue weighted by Crippen LogP contribution is -2.29. The average molecular weight is 331 g/mol. The van der Waals surface area contributed by atoms with Crippen LogP contribution in [0, 0.1) is 11.3 Å².